The molecular weight excluding hydrogens is 540 g/mol. The number of hydrogen-bond donors (Lipinski definition) is 1. The molecule has 202 valence electrons. The van der Waals surface area contributed by atoms with Crippen molar-refractivity contribution < 1.29 is 28.7 Å². The van der Waals surface area contributed by atoms with Gasteiger partial charge in [-0.05, 0) is 35.4 Å². The average molecular weight is 563 g/mol. The number of nitrogens with one attached hydrogen (secondary N) is 1. The quantitative estimate of drug-likeness (QED) is 0.109. The number of fused-ring (bicyclic) bond motifs is 2. The predicted molar refractivity (Wildman–Crippen MR) is 154 cm³/mol. The van der Waals surface area contributed by atoms with Gasteiger partial charge in [0.1, 0.15) is 17.8 Å². The second-order valence-corrected chi connectivity index (χ2v) is 10.4. The summed E-state index contributed by atoms with van der Waals surface area (Å²) in [5.74, 6) is -4.36. The summed E-state index contributed by atoms with van der Waals surface area (Å²) in [5, 5.41) is 2.73. The molecule has 0 saturated heterocycles. The molecule has 2 atom stereocenters. The highest BCUT2D eigenvalue weighted by Gasteiger charge is 2.46. The van der Waals surface area contributed by atoms with Crippen LogP contribution in [-0.4, -0.2) is 35.5 Å². The van der Waals surface area contributed by atoms with E-state index in [-0.39, 0.29) is 16.3 Å². The van der Waals surface area contributed by atoms with Crippen LogP contribution in [0.15, 0.2) is 97.1 Å². The molecule has 0 fully saturated rings. The molecule has 1 aromatic heterocycles. The first-order valence-electron chi connectivity index (χ1n) is 12.7. The number of anilines is 1. The Labute approximate surface area is 238 Å². The fourth-order valence-corrected chi connectivity index (χ4v) is 5.82. The van der Waals surface area contributed by atoms with Gasteiger partial charge in [-0.1, -0.05) is 84.1 Å². The molecule has 0 aliphatic carbocycles. The number of methoxy groups -OCH3 is 1. The number of thiazole rings is 1. The Balaban J connectivity index is 1.39. The molecule has 2 heterocycles. The molecule has 1 aliphatic heterocycles. The second kappa shape index (κ2) is 10.8. The molecule has 0 spiro atoms. The van der Waals surface area contributed by atoms with Gasteiger partial charge in [-0.3, -0.25) is 19.7 Å². The van der Waals surface area contributed by atoms with E-state index >= 15 is 0 Å². The summed E-state index contributed by atoms with van der Waals surface area (Å²) in [7, 11) is 1.55. The van der Waals surface area contributed by atoms with Gasteiger partial charge in [0.25, 0.3) is 5.91 Å². The van der Waals surface area contributed by atoms with Crippen LogP contribution in [0.25, 0.3) is 21.3 Å². The number of hydrogen-bond acceptors (Lipinski definition) is 8. The Morgan fingerprint density at radius 1 is 0.902 bits per heavy atom. The number of Topliss-reactive ketones (excluding diaryl/α,β-unsaturated/α-hetero) is 2. The molecule has 1 aliphatic rings. The Bertz CT molecular complexity index is 1830. The van der Waals surface area contributed by atoms with Crippen molar-refractivity contribution in [3.63, 3.8) is 0 Å². The lowest BCUT2D eigenvalue weighted by Crippen LogP contribution is -2.38. The van der Waals surface area contributed by atoms with E-state index in [0.717, 1.165) is 21.6 Å². The van der Waals surface area contributed by atoms with Crippen molar-refractivity contribution in [3.8, 4) is 16.9 Å². The number of nitrogens with zero attached hydrogens (tertiary/aromatic N) is 1. The molecule has 1 amide bonds. The number of rotatable bonds is 8. The summed E-state index contributed by atoms with van der Waals surface area (Å²) in [4.78, 5) is 58.6. The van der Waals surface area contributed by atoms with Gasteiger partial charge in [-0.2, -0.15) is 0 Å². The van der Waals surface area contributed by atoms with E-state index in [0.29, 0.717) is 22.4 Å². The first-order valence-corrected chi connectivity index (χ1v) is 13.5. The summed E-state index contributed by atoms with van der Waals surface area (Å²) in [6, 6.07) is 27.9. The number of benzene rings is 4. The SMILES string of the molecule is COc1ccc2nc(NC(=O)C(=O)[C@@H](C(=O)c3ccccc3-c3ccccc3)[C@@H]3OC(=O)c4ccccc43)sc2c1. The second-order valence-electron chi connectivity index (χ2n) is 9.34. The Morgan fingerprint density at radius 3 is 2.39 bits per heavy atom. The van der Waals surface area contributed by atoms with Gasteiger partial charge in [0.2, 0.25) is 5.78 Å². The standard InChI is InChI=1S/C32H22N2O6S/c1-39-19-15-16-24-25(17-19)41-32(33-24)34-30(37)28(36)26(29-22-13-7-8-14-23(22)31(38)40-29)27(35)21-12-6-5-11-20(21)18-9-3-2-4-10-18/h2-17,26,29H,1H3,(H,33,34,37)/t26-,29-/m1/s1. The molecular formula is C32H22N2O6S. The third-order valence-corrected chi connectivity index (χ3v) is 7.84. The maximum atomic E-state index is 14.2. The number of ketones is 2. The molecule has 1 N–H and O–H groups in total. The molecule has 0 saturated carbocycles. The number of carbonyl (C=O) groups excluding carboxylic acids is 4. The molecule has 4 aromatic carbocycles. The fraction of sp³-hybridized carbons (Fsp3) is 0.0938. The summed E-state index contributed by atoms with van der Waals surface area (Å²) < 4.78 is 11.6. The van der Waals surface area contributed by atoms with Crippen LogP contribution < -0.4 is 10.1 Å². The number of amides is 1. The van der Waals surface area contributed by atoms with Gasteiger partial charge in [0.15, 0.2) is 10.9 Å². The lowest BCUT2D eigenvalue weighted by Gasteiger charge is -2.22. The maximum absolute atomic E-state index is 14.2. The van der Waals surface area contributed by atoms with Crippen LogP contribution in [0.1, 0.15) is 32.4 Å². The minimum atomic E-state index is -1.62. The number of aromatic nitrogens is 1. The Morgan fingerprint density at radius 2 is 1.61 bits per heavy atom. The highest BCUT2D eigenvalue weighted by molar-refractivity contribution is 7.22. The van der Waals surface area contributed by atoms with Crippen molar-refractivity contribution in [2.24, 2.45) is 5.92 Å². The van der Waals surface area contributed by atoms with Crippen molar-refractivity contribution in [1.82, 2.24) is 4.98 Å². The van der Waals surface area contributed by atoms with E-state index in [2.05, 4.69) is 10.3 Å². The third-order valence-electron chi connectivity index (χ3n) is 6.91. The third kappa shape index (κ3) is 4.87. The van der Waals surface area contributed by atoms with E-state index in [1.807, 2.05) is 30.3 Å². The van der Waals surface area contributed by atoms with Gasteiger partial charge in [-0.15, -0.1) is 0 Å². The van der Waals surface area contributed by atoms with E-state index in [1.54, 1.807) is 73.8 Å². The monoisotopic (exact) mass is 562 g/mol. The normalized spacial score (nSPS) is 14.7. The van der Waals surface area contributed by atoms with Gasteiger partial charge in [0, 0.05) is 11.1 Å². The summed E-state index contributed by atoms with van der Waals surface area (Å²) in [6.07, 6.45) is -1.27. The molecule has 5 aromatic rings. The minimum Gasteiger partial charge on any atom is -0.497 e. The molecule has 9 heteroatoms. The van der Waals surface area contributed by atoms with E-state index in [9.17, 15) is 19.2 Å². The number of ether oxygens (including phenoxy) is 2. The van der Waals surface area contributed by atoms with Crippen molar-refractivity contribution in [2.45, 2.75) is 6.10 Å². The first-order chi connectivity index (χ1) is 19.9. The van der Waals surface area contributed by atoms with Gasteiger partial charge in [-0.25, -0.2) is 9.78 Å². The lowest BCUT2D eigenvalue weighted by atomic mass is 9.82. The minimum absolute atomic E-state index is 0.186. The van der Waals surface area contributed by atoms with E-state index in [1.165, 1.54) is 0 Å². The Kier molecular flexibility index (Phi) is 6.86. The average Bonchev–Trinajstić information content (AvgIpc) is 3.57. The predicted octanol–water partition coefficient (Wildman–Crippen LogP) is 5.89. The van der Waals surface area contributed by atoms with Crippen molar-refractivity contribution >= 4 is 50.1 Å². The zero-order valence-electron chi connectivity index (χ0n) is 21.7. The molecule has 0 radical (unpaired) electrons. The molecule has 6 rings (SSSR count). The zero-order chi connectivity index (χ0) is 28.5. The van der Waals surface area contributed by atoms with Gasteiger partial charge < -0.3 is 9.47 Å². The number of carbonyl (C=O) groups is 4. The van der Waals surface area contributed by atoms with Gasteiger partial charge in [0.05, 0.1) is 22.9 Å². The highest BCUT2D eigenvalue weighted by Crippen LogP contribution is 2.39. The molecule has 0 bridgehead atoms. The fourth-order valence-electron chi connectivity index (χ4n) is 4.94. The highest BCUT2D eigenvalue weighted by atomic mass is 32.1. The zero-order valence-corrected chi connectivity index (χ0v) is 22.5. The van der Waals surface area contributed by atoms with Crippen LogP contribution >= 0.6 is 11.3 Å². The maximum Gasteiger partial charge on any atom is 0.339 e. The van der Waals surface area contributed by atoms with E-state index < -0.39 is 35.5 Å². The Hall–Kier alpha value is -5.15. The van der Waals surface area contributed by atoms with Crippen LogP contribution in [0.5, 0.6) is 5.75 Å². The van der Waals surface area contributed by atoms with Gasteiger partial charge >= 0.3 is 5.97 Å². The van der Waals surface area contributed by atoms with Crippen LogP contribution in [0.2, 0.25) is 0 Å². The number of cyclic esters (lactones) is 1. The molecule has 8 nitrogen and oxygen atoms in total. The first kappa shape index (κ1) is 26.1. The van der Waals surface area contributed by atoms with Crippen LogP contribution in [-0.2, 0) is 14.3 Å². The summed E-state index contributed by atoms with van der Waals surface area (Å²) in [5.41, 5.74) is 2.83. The molecule has 0 unspecified atom stereocenters. The van der Waals surface area contributed by atoms with Crippen LogP contribution in [0.3, 0.4) is 0 Å². The lowest BCUT2D eigenvalue weighted by molar-refractivity contribution is -0.138. The summed E-state index contributed by atoms with van der Waals surface area (Å²) in [6.45, 7) is 0. The smallest absolute Gasteiger partial charge is 0.339 e. The van der Waals surface area contributed by atoms with Crippen molar-refractivity contribution in [2.75, 3.05) is 12.4 Å². The van der Waals surface area contributed by atoms with Crippen LogP contribution in [0, 0.1) is 5.92 Å². The molecule has 41 heavy (non-hydrogen) atoms. The number of esters is 1. The van der Waals surface area contributed by atoms with Crippen molar-refractivity contribution in [3.05, 3.63) is 114 Å². The van der Waals surface area contributed by atoms with Crippen LogP contribution in [0.4, 0.5) is 5.13 Å². The topological polar surface area (TPSA) is 112 Å². The van der Waals surface area contributed by atoms with Crippen molar-refractivity contribution in [1.29, 1.82) is 0 Å². The largest absolute Gasteiger partial charge is 0.497 e. The van der Waals surface area contributed by atoms with E-state index in [4.69, 9.17) is 9.47 Å². The summed E-state index contributed by atoms with van der Waals surface area (Å²) >= 11 is 1.16.